The van der Waals surface area contributed by atoms with Gasteiger partial charge in [-0.25, -0.2) is 24.3 Å². The first kappa shape index (κ1) is 48.9. The molecule has 3 aromatic heterocycles. The van der Waals surface area contributed by atoms with E-state index in [9.17, 15) is 29.3 Å². The molecule has 6 aromatic rings. The van der Waals surface area contributed by atoms with Crippen molar-refractivity contribution >= 4 is 29.2 Å². The number of amides is 1. The minimum absolute atomic E-state index is 0.0939. The Hall–Kier alpha value is -6.55. The Balaban J connectivity index is 0.000000245. The van der Waals surface area contributed by atoms with Gasteiger partial charge in [-0.05, 0) is 107 Å². The average molecular weight is 901 g/mol. The molecule has 0 saturated carbocycles. The smallest absolute Gasteiger partial charge is 0.305 e. The van der Waals surface area contributed by atoms with Crippen molar-refractivity contribution < 1.29 is 34.4 Å². The molecule has 1 aliphatic heterocycles. The van der Waals surface area contributed by atoms with Gasteiger partial charge in [-0.3, -0.25) is 9.59 Å². The van der Waals surface area contributed by atoms with Gasteiger partial charge < -0.3 is 40.1 Å². The summed E-state index contributed by atoms with van der Waals surface area (Å²) in [6.07, 6.45) is -1.46. The van der Waals surface area contributed by atoms with Crippen LogP contribution in [0.25, 0.3) is 22.4 Å². The first-order valence-corrected chi connectivity index (χ1v) is 22.4. The van der Waals surface area contributed by atoms with Crippen molar-refractivity contribution in [2.24, 2.45) is 0 Å². The minimum Gasteiger partial charge on any atom is -0.481 e. The van der Waals surface area contributed by atoms with Crippen LogP contribution < -0.4 is 15.1 Å². The number of piperazine rings is 1. The second-order valence-corrected chi connectivity index (χ2v) is 17.3. The number of aliphatic carboxylic acids is 1. The molecule has 1 saturated heterocycles. The van der Waals surface area contributed by atoms with Crippen LogP contribution in [0.15, 0.2) is 103 Å². The van der Waals surface area contributed by atoms with Crippen LogP contribution in [-0.2, 0) is 11.3 Å². The Labute approximate surface area is 385 Å². The average Bonchev–Trinajstić information content (AvgIpc) is 3.62. The topological polar surface area (TPSA) is 190 Å². The van der Waals surface area contributed by atoms with E-state index >= 15 is 0 Å². The third kappa shape index (κ3) is 12.2. The van der Waals surface area contributed by atoms with E-state index in [-0.39, 0.29) is 49.1 Å². The van der Waals surface area contributed by atoms with Crippen LogP contribution in [0, 0.1) is 19.7 Å². The second-order valence-electron chi connectivity index (χ2n) is 17.3. The number of aromatic nitrogens is 5. The molecular weight excluding hydrogens is 840 g/mol. The SMILES string of the molecule is CC(C)c1c(C(=O)Nc2ccccc2)c(-c2ccccc2)c(-c2ccc(F)cc2)n1CC[C@@H](O)C[C@@H](O)CC(=O)O.Cc1cc(N2C[C@@H](C)N(c3ccnc([C@@H](C)O)n3)[C@@H](C)C2)nc(C)n1. The summed E-state index contributed by atoms with van der Waals surface area (Å²) in [5, 5.41) is 42.5. The highest BCUT2D eigenvalue weighted by Gasteiger charge is 2.33. The molecule has 0 bridgehead atoms. The Morgan fingerprint density at radius 3 is 2.03 bits per heavy atom. The van der Waals surface area contributed by atoms with Crippen LogP contribution in [-0.4, -0.2) is 94.2 Å². The zero-order valence-corrected chi connectivity index (χ0v) is 38.6. The maximum atomic E-state index is 14.0. The summed E-state index contributed by atoms with van der Waals surface area (Å²) in [6, 6.07) is 29.2. The molecule has 5 atom stereocenters. The fourth-order valence-corrected chi connectivity index (χ4v) is 8.73. The number of aryl methyl sites for hydroxylation is 2. The number of nitrogens with one attached hydrogen (secondary N) is 1. The third-order valence-electron chi connectivity index (χ3n) is 11.4. The molecule has 0 aliphatic carbocycles. The van der Waals surface area contributed by atoms with Crippen molar-refractivity contribution in [1.29, 1.82) is 0 Å². The van der Waals surface area contributed by atoms with Crippen LogP contribution in [0.1, 0.15) is 99.3 Å². The number of carboxylic acid groups (broad SMARTS) is 1. The molecule has 15 heteroatoms. The predicted octanol–water partition coefficient (Wildman–Crippen LogP) is 8.35. The highest BCUT2D eigenvalue weighted by Crippen LogP contribution is 2.43. The largest absolute Gasteiger partial charge is 0.481 e. The van der Waals surface area contributed by atoms with Crippen LogP contribution in [0.5, 0.6) is 0 Å². The van der Waals surface area contributed by atoms with Crippen molar-refractivity contribution in [3.8, 4) is 22.4 Å². The number of hydrogen-bond donors (Lipinski definition) is 5. The third-order valence-corrected chi connectivity index (χ3v) is 11.4. The number of carboxylic acids is 1. The Morgan fingerprint density at radius 1 is 0.803 bits per heavy atom. The van der Waals surface area contributed by atoms with Gasteiger partial charge in [-0.15, -0.1) is 0 Å². The lowest BCUT2D eigenvalue weighted by atomic mass is 9.94. The standard InChI is InChI=1S/C33H35FN2O5.C18H26N6O/c1-21(2)31-30(33(41)35-25-11-7-4-8-12-25)29(22-9-5-3-6-10-22)32(23-13-15-24(34)16-14-23)36(31)18-17-26(37)19-27(38)20-28(39)40;1-11-8-17(21-15(5)20-11)23-9-12(2)24(13(3)10-23)16-6-7-19-18(22-16)14(4)25/h3-16,21,26-27,37-38H,17-20H2,1-2H3,(H,35,41)(H,39,40);6-8,12-14,25H,9-10H2,1-5H3/t26-,27-;12-,13+,14-/m11/s1. The van der Waals surface area contributed by atoms with Crippen molar-refractivity contribution in [2.75, 3.05) is 28.2 Å². The molecule has 5 N–H and O–H groups in total. The number of halogens is 1. The molecule has 1 amide bonds. The fraction of sp³-hybridized carbons (Fsp3) is 0.373. The number of para-hydroxylation sites is 1. The number of carbonyl (C=O) groups is 2. The van der Waals surface area contributed by atoms with E-state index in [0.29, 0.717) is 33.9 Å². The summed E-state index contributed by atoms with van der Waals surface area (Å²) >= 11 is 0. The van der Waals surface area contributed by atoms with Gasteiger partial charge in [0.2, 0.25) is 0 Å². The van der Waals surface area contributed by atoms with E-state index in [2.05, 4.69) is 48.9 Å². The van der Waals surface area contributed by atoms with Crippen molar-refractivity contribution in [3.63, 3.8) is 0 Å². The van der Waals surface area contributed by atoms with Gasteiger partial charge in [-0.2, -0.15) is 0 Å². The second kappa shape index (κ2) is 22.1. The lowest BCUT2D eigenvalue weighted by Crippen LogP contribution is -2.57. The number of anilines is 3. The molecule has 4 heterocycles. The molecule has 3 aromatic carbocycles. The summed E-state index contributed by atoms with van der Waals surface area (Å²) in [5.74, 6) is 1.17. The number of aliphatic hydroxyl groups is 3. The summed E-state index contributed by atoms with van der Waals surface area (Å²) in [6.45, 7) is 16.0. The number of carbonyl (C=O) groups excluding carboxylic acids is 1. The monoisotopic (exact) mass is 900 g/mol. The number of rotatable bonds is 15. The van der Waals surface area contributed by atoms with E-state index in [1.165, 1.54) is 12.1 Å². The Kier molecular flexibility index (Phi) is 16.4. The quantitative estimate of drug-likeness (QED) is 0.0663. The Bertz CT molecular complexity index is 2520. The summed E-state index contributed by atoms with van der Waals surface area (Å²) in [7, 11) is 0. The van der Waals surface area contributed by atoms with Crippen LogP contribution in [0.3, 0.4) is 0 Å². The molecule has 0 radical (unpaired) electrons. The molecule has 1 aliphatic rings. The Morgan fingerprint density at radius 2 is 1.44 bits per heavy atom. The molecule has 0 unspecified atom stereocenters. The predicted molar refractivity (Wildman–Crippen MR) is 255 cm³/mol. The molecule has 0 spiro atoms. The molecule has 66 heavy (non-hydrogen) atoms. The zero-order valence-electron chi connectivity index (χ0n) is 38.6. The normalized spacial score (nSPS) is 16.3. The fourth-order valence-electron chi connectivity index (χ4n) is 8.73. The van der Waals surface area contributed by atoms with Gasteiger partial charge in [0, 0.05) is 66.6 Å². The number of benzene rings is 3. The molecule has 14 nitrogen and oxygen atoms in total. The first-order valence-electron chi connectivity index (χ1n) is 22.4. The van der Waals surface area contributed by atoms with Gasteiger partial charge in [0.05, 0.1) is 29.9 Å². The van der Waals surface area contributed by atoms with E-state index in [1.54, 1.807) is 25.3 Å². The highest BCUT2D eigenvalue weighted by molar-refractivity contribution is 6.12. The van der Waals surface area contributed by atoms with Gasteiger partial charge >= 0.3 is 5.97 Å². The summed E-state index contributed by atoms with van der Waals surface area (Å²) in [5.41, 5.74) is 5.76. The maximum Gasteiger partial charge on any atom is 0.305 e. The van der Waals surface area contributed by atoms with Crippen molar-refractivity contribution in [3.05, 3.63) is 138 Å². The van der Waals surface area contributed by atoms with Gasteiger partial charge in [0.15, 0.2) is 5.82 Å². The number of hydrogen-bond acceptors (Lipinski definition) is 11. The number of nitrogens with zero attached hydrogens (tertiary/aromatic N) is 7. The minimum atomic E-state index is -1.18. The summed E-state index contributed by atoms with van der Waals surface area (Å²) < 4.78 is 16.0. The van der Waals surface area contributed by atoms with Crippen molar-refractivity contribution in [1.82, 2.24) is 24.5 Å². The molecular formula is C51H61FN8O6. The lowest BCUT2D eigenvalue weighted by Gasteiger charge is -2.45. The summed E-state index contributed by atoms with van der Waals surface area (Å²) in [4.78, 5) is 47.3. The van der Waals surface area contributed by atoms with Crippen LogP contribution in [0.2, 0.25) is 0 Å². The van der Waals surface area contributed by atoms with Crippen LogP contribution >= 0.6 is 0 Å². The molecule has 348 valence electrons. The van der Waals surface area contributed by atoms with E-state index in [4.69, 9.17) is 5.11 Å². The molecule has 7 rings (SSSR count). The highest BCUT2D eigenvalue weighted by atomic mass is 19.1. The number of aliphatic hydroxyl groups excluding tert-OH is 3. The lowest BCUT2D eigenvalue weighted by molar-refractivity contribution is -0.139. The van der Waals surface area contributed by atoms with Crippen LogP contribution in [0.4, 0.5) is 21.7 Å². The zero-order chi connectivity index (χ0) is 47.7. The van der Waals surface area contributed by atoms with Gasteiger partial charge in [-0.1, -0.05) is 62.4 Å². The first-order chi connectivity index (χ1) is 31.5. The molecule has 1 fully saturated rings. The van der Waals surface area contributed by atoms with E-state index in [1.807, 2.05) is 105 Å². The van der Waals surface area contributed by atoms with Crippen molar-refractivity contribution in [2.45, 2.75) is 111 Å². The van der Waals surface area contributed by atoms with E-state index < -0.39 is 30.7 Å². The maximum absolute atomic E-state index is 14.0. The van der Waals surface area contributed by atoms with E-state index in [0.717, 1.165) is 47.5 Å². The van der Waals surface area contributed by atoms with Gasteiger partial charge in [0.1, 0.15) is 29.4 Å². The van der Waals surface area contributed by atoms with Gasteiger partial charge in [0.25, 0.3) is 5.91 Å².